The van der Waals surface area contributed by atoms with E-state index in [1.807, 2.05) is 12.1 Å². The molecule has 0 spiro atoms. The largest absolute Gasteiger partial charge is 0.508 e. The molecule has 0 radical (unpaired) electrons. The molecule has 0 bridgehead atoms. The van der Waals surface area contributed by atoms with Crippen molar-refractivity contribution in [3.8, 4) is 22.8 Å². The molecule has 0 saturated carbocycles. The van der Waals surface area contributed by atoms with Crippen LogP contribution >= 0.6 is 0 Å². The molecule has 0 aliphatic carbocycles. The molecular formula is C27H38FNO3. The van der Waals surface area contributed by atoms with E-state index < -0.39 is 5.95 Å². The van der Waals surface area contributed by atoms with E-state index in [0.29, 0.717) is 18.7 Å². The summed E-state index contributed by atoms with van der Waals surface area (Å²) >= 11 is 0. The molecule has 32 heavy (non-hydrogen) atoms. The molecule has 1 unspecified atom stereocenters. The van der Waals surface area contributed by atoms with Crippen molar-refractivity contribution in [1.82, 2.24) is 4.98 Å². The van der Waals surface area contributed by atoms with Crippen LogP contribution in [0.2, 0.25) is 0 Å². The first-order valence-electron chi connectivity index (χ1n) is 12.4. The summed E-state index contributed by atoms with van der Waals surface area (Å²) in [6.07, 6.45) is 11.9. The van der Waals surface area contributed by atoms with Crippen molar-refractivity contribution in [2.45, 2.75) is 90.6 Å². The number of aromatic hydroxyl groups is 1. The number of hydrogen-bond donors (Lipinski definition) is 1. The minimum atomic E-state index is -0.576. The van der Waals surface area contributed by atoms with Crippen molar-refractivity contribution in [2.24, 2.45) is 0 Å². The number of hydrogen-bond acceptors (Lipinski definition) is 4. The normalized spacial score (nSPS) is 15.2. The third-order valence-corrected chi connectivity index (χ3v) is 6.12. The Kier molecular flexibility index (Phi) is 9.79. The number of nitrogens with zero attached hydrogens (tertiary/aromatic N) is 1. The zero-order chi connectivity index (χ0) is 22.8. The molecule has 1 aromatic heterocycles. The fourth-order valence-corrected chi connectivity index (χ4v) is 4.14. The summed E-state index contributed by atoms with van der Waals surface area (Å²) in [5, 5.41) is 10.5. The van der Waals surface area contributed by atoms with Crippen molar-refractivity contribution in [1.29, 1.82) is 0 Å². The Morgan fingerprint density at radius 3 is 2.41 bits per heavy atom. The van der Waals surface area contributed by atoms with E-state index in [-0.39, 0.29) is 17.6 Å². The van der Waals surface area contributed by atoms with Gasteiger partial charge in [0.2, 0.25) is 0 Å². The highest BCUT2D eigenvalue weighted by atomic mass is 19.1. The fourth-order valence-electron chi connectivity index (χ4n) is 4.14. The highest BCUT2D eigenvalue weighted by Crippen LogP contribution is 2.35. The summed E-state index contributed by atoms with van der Waals surface area (Å²) in [6.45, 7) is 5.62. The smallest absolute Gasteiger partial charge is 0.255 e. The van der Waals surface area contributed by atoms with Crippen molar-refractivity contribution < 1.29 is 19.0 Å². The molecule has 1 aliphatic rings. The van der Waals surface area contributed by atoms with Gasteiger partial charge in [-0.05, 0) is 49.1 Å². The molecule has 5 heteroatoms. The van der Waals surface area contributed by atoms with Gasteiger partial charge in [-0.2, -0.15) is 4.39 Å². The van der Waals surface area contributed by atoms with Crippen LogP contribution in [0.3, 0.4) is 0 Å². The number of epoxide rings is 1. The van der Waals surface area contributed by atoms with Crippen molar-refractivity contribution >= 4 is 0 Å². The van der Waals surface area contributed by atoms with Gasteiger partial charge in [-0.25, -0.2) is 4.98 Å². The standard InChI is InChI=1S/C27H38FNO3/c1-3-5-7-8-9-11-17-31-26-16-14-24(29-27(26)28)22-13-15-25(30)23(18-20-19-32-20)21(22)12-10-6-4-2/h13-16,20,30H,3-12,17-19H2,1-2H3. The van der Waals surface area contributed by atoms with Crippen LogP contribution in [0, 0.1) is 5.95 Å². The Morgan fingerprint density at radius 1 is 0.969 bits per heavy atom. The van der Waals surface area contributed by atoms with Crippen molar-refractivity contribution in [3.05, 3.63) is 41.3 Å². The number of pyridine rings is 1. The Hall–Kier alpha value is -2.14. The topological polar surface area (TPSA) is 54.9 Å². The number of ether oxygens (including phenoxy) is 2. The molecule has 1 saturated heterocycles. The van der Waals surface area contributed by atoms with Crippen LogP contribution in [-0.4, -0.2) is 29.4 Å². The number of phenolic OH excluding ortho intramolecular Hbond substituents is 1. The number of aromatic nitrogens is 1. The van der Waals surface area contributed by atoms with Gasteiger partial charge in [0.15, 0.2) is 5.75 Å². The van der Waals surface area contributed by atoms with Crippen molar-refractivity contribution in [3.63, 3.8) is 0 Å². The maximum absolute atomic E-state index is 14.7. The zero-order valence-electron chi connectivity index (χ0n) is 19.7. The SMILES string of the molecule is CCCCCCCCOc1ccc(-c2ccc(O)c(CC3CO3)c2CCCCC)nc1F. The average Bonchev–Trinajstić information content (AvgIpc) is 3.61. The lowest BCUT2D eigenvalue weighted by Crippen LogP contribution is -2.05. The van der Waals surface area contributed by atoms with Crippen LogP contribution in [0.1, 0.15) is 82.8 Å². The first-order valence-corrected chi connectivity index (χ1v) is 12.4. The van der Waals surface area contributed by atoms with Crippen LogP contribution in [-0.2, 0) is 17.6 Å². The summed E-state index contributed by atoms with van der Waals surface area (Å²) in [4.78, 5) is 4.23. The molecule has 1 aliphatic heterocycles. The molecule has 4 nitrogen and oxygen atoms in total. The zero-order valence-corrected chi connectivity index (χ0v) is 19.7. The number of phenols is 1. The summed E-state index contributed by atoms with van der Waals surface area (Å²) < 4.78 is 25.8. The Bertz CT molecular complexity index is 851. The second-order valence-electron chi connectivity index (χ2n) is 8.81. The van der Waals surface area contributed by atoms with E-state index in [2.05, 4.69) is 18.8 Å². The molecule has 176 valence electrons. The Balaban J connectivity index is 1.71. The maximum Gasteiger partial charge on any atom is 0.255 e. The number of halogens is 1. The van der Waals surface area contributed by atoms with Gasteiger partial charge in [-0.3, -0.25) is 0 Å². The van der Waals surface area contributed by atoms with E-state index in [1.165, 1.54) is 25.7 Å². The first-order chi connectivity index (χ1) is 15.6. The highest BCUT2D eigenvalue weighted by Gasteiger charge is 2.27. The lowest BCUT2D eigenvalue weighted by atomic mass is 9.91. The quantitative estimate of drug-likeness (QED) is 0.183. The highest BCUT2D eigenvalue weighted by molar-refractivity contribution is 5.68. The molecular weight excluding hydrogens is 405 g/mol. The van der Waals surface area contributed by atoms with Gasteiger partial charge < -0.3 is 14.6 Å². The van der Waals surface area contributed by atoms with Gasteiger partial charge in [-0.1, -0.05) is 58.8 Å². The lowest BCUT2D eigenvalue weighted by molar-refractivity contribution is 0.286. The first kappa shape index (κ1) is 24.5. The predicted octanol–water partition coefficient (Wildman–Crippen LogP) is 7.01. The summed E-state index contributed by atoms with van der Waals surface area (Å²) in [7, 11) is 0. The van der Waals surface area contributed by atoms with E-state index in [0.717, 1.165) is 61.8 Å². The van der Waals surface area contributed by atoms with Gasteiger partial charge in [0.1, 0.15) is 5.75 Å². The van der Waals surface area contributed by atoms with Gasteiger partial charge in [0.25, 0.3) is 5.95 Å². The molecule has 3 rings (SSSR count). The lowest BCUT2D eigenvalue weighted by Gasteiger charge is -2.16. The molecule has 1 N–H and O–H groups in total. The van der Waals surface area contributed by atoms with Crippen LogP contribution in [0.15, 0.2) is 24.3 Å². The average molecular weight is 444 g/mol. The minimum Gasteiger partial charge on any atom is -0.508 e. The Labute approximate surface area is 192 Å². The predicted molar refractivity (Wildman–Crippen MR) is 127 cm³/mol. The van der Waals surface area contributed by atoms with Gasteiger partial charge >= 0.3 is 0 Å². The van der Waals surface area contributed by atoms with E-state index in [1.54, 1.807) is 12.1 Å². The number of unbranched alkanes of at least 4 members (excludes halogenated alkanes) is 7. The summed E-state index contributed by atoms with van der Waals surface area (Å²) in [5.41, 5.74) is 3.43. The van der Waals surface area contributed by atoms with Crippen LogP contribution in [0.5, 0.6) is 11.5 Å². The van der Waals surface area contributed by atoms with Crippen LogP contribution in [0.25, 0.3) is 11.3 Å². The summed E-state index contributed by atoms with van der Waals surface area (Å²) in [5.74, 6) is -0.0801. The Morgan fingerprint density at radius 2 is 1.69 bits per heavy atom. The number of rotatable bonds is 15. The molecule has 0 amide bonds. The van der Waals surface area contributed by atoms with E-state index in [4.69, 9.17) is 9.47 Å². The number of benzene rings is 1. The second kappa shape index (κ2) is 12.8. The molecule has 1 aromatic carbocycles. The van der Waals surface area contributed by atoms with Gasteiger partial charge in [-0.15, -0.1) is 0 Å². The molecule has 2 aromatic rings. The van der Waals surface area contributed by atoms with E-state index >= 15 is 0 Å². The van der Waals surface area contributed by atoms with E-state index in [9.17, 15) is 9.50 Å². The van der Waals surface area contributed by atoms with Crippen molar-refractivity contribution in [2.75, 3.05) is 13.2 Å². The monoisotopic (exact) mass is 443 g/mol. The third kappa shape index (κ3) is 7.19. The fraction of sp³-hybridized carbons (Fsp3) is 0.593. The molecule has 1 atom stereocenters. The van der Waals surface area contributed by atoms with Gasteiger partial charge in [0.05, 0.1) is 25.0 Å². The molecule has 2 heterocycles. The van der Waals surface area contributed by atoms with Crippen LogP contribution in [0.4, 0.5) is 4.39 Å². The minimum absolute atomic E-state index is 0.170. The summed E-state index contributed by atoms with van der Waals surface area (Å²) in [6, 6.07) is 7.05. The third-order valence-electron chi connectivity index (χ3n) is 6.12. The second-order valence-corrected chi connectivity index (χ2v) is 8.81. The molecule has 1 fully saturated rings. The van der Waals surface area contributed by atoms with Crippen LogP contribution < -0.4 is 4.74 Å². The van der Waals surface area contributed by atoms with Gasteiger partial charge in [0, 0.05) is 17.5 Å². The maximum atomic E-state index is 14.7.